The Balaban J connectivity index is 2.21. The molecule has 1 heterocycles. The number of carboxylic acids is 1. The lowest BCUT2D eigenvalue weighted by Gasteiger charge is -2.13. The molecular formula is C14H14ClNO5. The summed E-state index contributed by atoms with van der Waals surface area (Å²) in [4.78, 5) is 11.0. The van der Waals surface area contributed by atoms with E-state index in [1.165, 1.54) is 20.5 Å². The summed E-state index contributed by atoms with van der Waals surface area (Å²) in [6.07, 6.45) is 1.33. The number of aromatic carboxylic acids is 1. The lowest BCUT2D eigenvalue weighted by atomic mass is 10.2. The maximum atomic E-state index is 11.0. The first-order valence-electron chi connectivity index (χ1n) is 6.02. The molecule has 7 heteroatoms. The molecule has 0 aliphatic rings. The van der Waals surface area contributed by atoms with Crippen molar-refractivity contribution in [2.75, 3.05) is 19.5 Å². The summed E-state index contributed by atoms with van der Waals surface area (Å²) in [5.74, 6) is -0.178. The van der Waals surface area contributed by atoms with Crippen LogP contribution in [0.15, 0.2) is 28.9 Å². The molecule has 0 aliphatic carbocycles. The van der Waals surface area contributed by atoms with E-state index in [0.29, 0.717) is 27.8 Å². The number of rotatable bonds is 6. The Bertz CT molecular complexity index is 653. The molecule has 0 spiro atoms. The fourth-order valence-corrected chi connectivity index (χ4v) is 2.09. The molecule has 21 heavy (non-hydrogen) atoms. The minimum Gasteiger partial charge on any atom is -0.495 e. The van der Waals surface area contributed by atoms with Gasteiger partial charge >= 0.3 is 5.97 Å². The van der Waals surface area contributed by atoms with Crippen molar-refractivity contribution in [1.82, 2.24) is 0 Å². The van der Waals surface area contributed by atoms with Crippen LogP contribution in [0, 0.1) is 0 Å². The number of ether oxygens (including phenoxy) is 2. The molecule has 0 saturated carbocycles. The molecule has 0 amide bonds. The first-order valence-corrected chi connectivity index (χ1v) is 6.39. The van der Waals surface area contributed by atoms with Gasteiger partial charge in [-0.25, -0.2) is 4.79 Å². The van der Waals surface area contributed by atoms with Gasteiger partial charge < -0.3 is 24.3 Å². The number of halogens is 1. The van der Waals surface area contributed by atoms with E-state index < -0.39 is 5.97 Å². The molecule has 2 aromatic rings. The average Bonchev–Trinajstić information content (AvgIpc) is 2.93. The molecule has 1 aromatic heterocycles. The van der Waals surface area contributed by atoms with E-state index in [0.717, 1.165) is 0 Å². The predicted octanol–water partition coefficient (Wildman–Crippen LogP) is 3.26. The Hall–Kier alpha value is -2.34. The predicted molar refractivity (Wildman–Crippen MR) is 77.6 cm³/mol. The van der Waals surface area contributed by atoms with Crippen molar-refractivity contribution in [2.24, 2.45) is 0 Å². The number of methoxy groups -OCH3 is 2. The molecule has 0 atom stereocenters. The molecular weight excluding hydrogens is 298 g/mol. The van der Waals surface area contributed by atoms with Crippen molar-refractivity contribution < 1.29 is 23.8 Å². The van der Waals surface area contributed by atoms with E-state index in [1.807, 2.05) is 0 Å². The second-order valence-electron chi connectivity index (χ2n) is 4.12. The zero-order valence-electron chi connectivity index (χ0n) is 11.5. The molecule has 6 nitrogen and oxygen atoms in total. The van der Waals surface area contributed by atoms with Gasteiger partial charge in [0.05, 0.1) is 31.2 Å². The van der Waals surface area contributed by atoms with Crippen molar-refractivity contribution >= 4 is 23.3 Å². The normalized spacial score (nSPS) is 10.2. The molecule has 112 valence electrons. The Morgan fingerprint density at radius 1 is 1.33 bits per heavy atom. The van der Waals surface area contributed by atoms with E-state index in [-0.39, 0.29) is 12.3 Å². The van der Waals surface area contributed by atoms with E-state index in [4.69, 9.17) is 30.6 Å². The van der Waals surface area contributed by atoms with Crippen LogP contribution in [0.2, 0.25) is 5.02 Å². The van der Waals surface area contributed by atoms with Gasteiger partial charge in [0.25, 0.3) is 0 Å². The zero-order valence-corrected chi connectivity index (χ0v) is 12.2. The molecule has 0 aliphatic heterocycles. The lowest BCUT2D eigenvalue weighted by molar-refractivity contribution is 0.0661. The van der Waals surface area contributed by atoms with Crippen LogP contribution in [0.3, 0.4) is 0 Å². The van der Waals surface area contributed by atoms with Crippen LogP contribution in [0.5, 0.6) is 11.5 Å². The van der Waals surface area contributed by atoms with Crippen molar-refractivity contribution in [2.45, 2.75) is 6.54 Å². The number of hydrogen-bond donors (Lipinski definition) is 2. The van der Waals surface area contributed by atoms with Crippen LogP contribution in [0.25, 0.3) is 0 Å². The molecule has 0 unspecified atom stereocenters. The summed E-state index contributed by atoms with van der Waals surface area (Å²) in [6, 6.07) is 4.89. The summed E-state index contributed by atoms with van der Waals surface area (Å²) >= 11 is 6.07. The Kier molecular flexibility index (Phi) is 4.59. The first kappa shape index (κ1) is 15.1. The van der Waals surface area contributed by atoms with Crippen LogP contribution in [-0.4, -0.2) is 25.3 Å². The van der Waals surface area contributed by atoms with Crippen LogP contribution < -0.4 is 14.8 Å². The van der Waals surface area contributed by atoms with Crippen LogP contribution in [0.4, 0.5) is 5.69 Å². The molecule has 1 aromatic carbocycles. The number of carboxylic acid groups (broad SMARTS) is 1. The van der Waals surface area contributed by atoms with Gasteiger partial charge in [0.2, 0.25) is 5.76 Å². The summed E-state index contributed by atoms with van der Waals surface area (Å²) < 4.78 is 15.3. The van der Waals surface area contributed by atoms with Crippen molar-refractivity contribution in [3.05, 3.63) is 40.8 Å². The van der Waals surface area contributed by atoms with Gasteiger partial charge in [-0.2, -0.15) is 0 Å². The third kappa shape index (κ3) is 3.22. The van der Waals surface area contributed by atoms with E-state index >= 15 is 0 Å². The van der Waals surface area contributed by atoms with E-state index in [2.05, 4.69) is 5.32 Å². The highest BCUT2D eigenvalue weighted by Crippen LogP contribution is 2.36. The number of furan rings is 1. The average molecular weight is 312 g/mol. The molecule has 0 radical (unpaired) electrons. The Morgan fingerprint density at radius 2 is 2.05 bits per heavy atom. The van der Waals surface area contributed by atoms with Crippen LogP contribution >= 0.6 is 11.6 Å². The fourth-order valence-electron chi connectivity index (χ4n) is 1.85. The maximum Gasteiger partial charge on any atom is 0.372 e. The summed E-state index contributed by atoms with van der Waals surface area (Å²) in [7, 11) is 3.03. The topological polar surface area (TPSA) is 80.9 Å². The molecule has 0 saturated heterocycles. The summed E-state index contributed by atoms with van der Waals surface area (Å²) in [5.41, 5.74) is 1.15. The van der Waals surface area contributed by atoms with E-state index in [9.17, 15) is 4.79 Å². The second-order valence-corrected chi connectivity index (χ2v) is 4.53. The quantitative estimate of drug-likeness (QED) is 0.852. The third-order valence-corrected chi connectivity index (χ3v) is 3.18. The molecule has 2 N–H and O–H groups in total. The molecule has 0 fully saturated rings. The number of hydrogen-bond acceptors (Lipinski definition) is 5. The minimum atomic E-state index is -1.11. The van der Waals surface area contributed by atoms with Gasteiger partial charge in [0.1, 0.15) is 11.5 Å². The zero-order chi connectivity index (χ0) is 15.4. The second kappa shape index (κ2) is 6.41. The van der Waals surface area contributed by atoms with Crippen LogP contribution in [-0.2, 0) is 6.54 Å². The number of anilines is 1. The highest BCUT2D eigenvalue weighted by Gasteiger charge is 2.15. The standard InChI is InChI=1S/C14H14ClNO5/c1-19-11-6-12(20-2)10(5-9(11)15)16-7-8-3-4-21-13(8)14(17)18/h3-6,16H,7H2,1-2H3,(H,17,18). The van der Waals surface area contributed by atoms with Gasteiger partial charge in [0.15, 0.2) is 0 Å². The maximum absolute atomic E-state index is 11.0. The Morgan fingerprint density at radius 3 is 2.67 bits per heavy atom. The SMILES string of the molecule is COc1cc(OC)c(NCc2ccoc2C(=O)O)cc1Cl. The van der Waals surface area contributed by atoms with Crippen molar-refractivity contribution in [1.29, 1.82) is 0 Å². The monoisotopic (exact) mass is 311 g/mol. The van der Waals surface area contributed by atoms with Crippen LogP contribution in [0.1, 0.15) is 16.1 Å². The number of nitrogens with one attached hydrogen (secondary N) is 1. The van der Waals surface area contributed by atoms with Crippen molar-refractivity contribution in [3.63, 3.8) is 0 Å². The number of benzene rings is 1. The first-order chi connectivity index (χ1) is 10.1. The fraction of sp³-hybridized carbons (Fsp3) is 0.214. The number of carbonyl (C=O) groups is 1. The summed E-state index contributed by atoms with van der Waals surface area (Å²) in [5, 5.41) is 12.5. The highest BCUT2D eigenvalue weighted by molar-refractivity contribution is 6.32. The van der Waals surface area contributed by atoms with E-state index in [1.54, 1.807) is 18.2 Å². The smallest absolute Gasteiger partial charge is 0.372 e. The largest absolute Gasteiger partial charge is 0.495 e. The summed E-state index contributed by atoms with van der Waals surface area (Å²) in [6.45, 7) is 0.261. The van der Waals surface area contributed by atoms with Crippen molar-refractivity contribution in [3.8, 4) is 11.5 Å². The van der Waals surface area contributed by atoms with Gasteiger partial charge in [-0.3, -0.25) is 0 Å². The molecule has 0 bridgehead atoms. The lowest BCUT2D eigenvalue weighted by Crippen LogP contribution is -2.05. The minimum absolute atomic E-state index is 0.0962. The van der Waals surface area contributed by atoms with Gasteiger partial charge in [0, 0.05) is 18.2 Å². The Labute approximate surface area is 126 Å². The van der Waals surface area contributed by atoms with Gasteiger partial charge in [-0.15, -0.1) is 0 Å². The van der Waals surface area contributed by atoms with Gasteiger partial charge in [-0.05, 0) is 12.1 Å². The third-order valence-electron chi connectivity index (χ3n) is 2.88. The molecule has 2 rings (SSSR count). The highest BCUT2D eigenvalue weighted by atomic mass is 35.5. The van der Waals surface area contributed by atoms with Gasteiger partial charge in [-0.1, -0.05) is 11.6 Å².